The van der Waals surface area contributed by atoms with E-state index in [1.165, 1.54) is 36.0 Å². The molecule has 0 atom stereocenters. The first kappa shape index (κ1) is 18.0. The van der Waals surface area contributed by atoms with Gasteiger partial charge in [0, 0.05) is 5.41 Å². The lowest BCUT2D eigenvalue weighted by molar-refractivity contribution is -0.0802. The van der Waals surface area contributed by atoms with Crippen LogP contribution in [0.2, 0.25) is 0 Å². The lowest BCUT2D eigenvalue weighted by Crippen LogP contribution is -2.65. The van der Waals surface area contributed by atoms with Crippen molar-refractivity contribution >= 4 is 0 Å². The number of terminal acetylenes is 1. The minimum atomic E-state index is -0.0315. The fraction of sp³-hybridized carbons (Fsp3) is 0.333. The molecule has 0 N–H and O–H groups in total. The minimum Gasteiger partial charge on any atom is -0.120 e. The molecule has 3 aromatic rings. The van der Waals surface area contributed by atoms with Crippen molar-refractivity contribution in [2.75, 3.05) is 0 Å². The topological polar surface area (TPSA) is 0 Å². The van der Waals surface area contributed by atoms with Crippen LogP contribution in [-0.2, 0) is 16.2 Å². The van der Waals surface area contributed by atoms with Crippen molar-refractivity contribution in [2.45, 2.75) is 54.8 Å². The van der Waals surface area contributed by atoms with Gasteiger partial charge in [-0.1, -0.05) is 96.9 Å². The maximum absolute atomic E-state index is 6.39. The zero-order chi connectivity index (χ0) is 20.3. The molecular formula is C30H28. The molecule has 4 aliphatic carbocycles. The van der Waals surface area contributed by atoms with Gasteiger partial charge in [-0.2, -0.15) is 0 Å². The van der Waals surface area contributed by atoms with E-state index < -0.39 is 0 Å². The highest BCUT2D eigenvalue weighted by Gasteiger charge is 2.68. The van der Waals surface area contributed by atoms with Crippen LogP contribution < -0.4 is 0 Å². The molecule has 0 saturated heterocycles. The summed E-state index contributed by atoms with van der Waals surface area (Å²) in [5, 5.41) is 0. The van der Waals surface area contributed by atoms with E-state index in [0.29, 0.717) is 0 Å². The molecule has 0 aromatic heterocycles. The molecule has 0 aliphatic heterocycles. The van der Waals surface area contributed by atoms with Crippen LogP contribution in [0.3, 0.4) is 0 Å². The Morgan fingerprint density at radius 2 is 0.767 bits per heavy atom. The SMILES string of the molecule is C#CC12CC3(c4ccccc4)CC(c4ccccc4)(C1)CC(c1ccccc1)(C2)C3. The summed E-state index contributed by atoms with van der Waals surface area (Å²) in [6.45, 7) is 0. The van der Waals surface area contributed by atoms with Crippen LogP contribution in [0.25, 0.3) is 0 Å². The Morgan fingerprint density at radius 3 is 1.03 bits per heavy atom. The fourth-order valence-corrected chi connectivity index (χ4v) is 8.08. The van der Waals surface area contributed by atoms with Crippen molar-refractivity contribution < 1.29 is 0 Å². The molecule has 0 amide bonds. The molecule has 4 fully saturated rings. The van der Waals surface area contributed by atoms with Crippen molar-refractivity contribution in [3.05, 3.63) is 108 Å². The maximum Gasteiger partial charge on any atom is 0.0337 e. The molecule has 4 aliphatic rings. The highest BCUT2D eigenvalue weighted by Crippen LogP contribution is 2.74. The van der Waals surface area contributed by atoms with Crippen LogP contribution in [0.5, 0.6) is 0 Å². The summed E-state index contributed by atoms with van der Waals surface area (Å²) in [4.78, 5) is 0. The van der Waals surface area contributed by atoms with E-state index in [1.807, 2.05) is 0 Å². The van der Waals surface area contributed by atoms with Crippen LogP contribution in [0.4, 0.5) is 0 Å². The normalized spacial score (nSPS) is 36.4. The Bertz CT molecular complexity index is 960. The Labute approximate surface area is 180 Å². The van der Waals surface area contributed by atoms with Crippen molar-refractivity contribution in [3.63, 3.8) is 0 Å². The quantitative estimate of drug-likeness (QED) is 0.433. The number of benzene rings is 3. The molecule has 30 heavy (non-hydrogen) atoms. The average molecular weight is 389 g/mol. The molecule has 3 aromatic carbocycles. The third-order valence-corrected chi connectivity index (χ3v) is 8.53. The predicted octanol–water partition coefficient (Wildman–Crippen LogP) is 6.80. The summed E-state index contributed by atoms with van der Waals surface area (Å²) < 4.78 is 0. The first-order valence-electron chi connectivity index (χ1n) is 11.3. The van der Waals surface area contributed by atoms with Crippen LogP contribution in [0.15, 0.2) is 91.0 Å². The van der Waals surface area contributed by atoms with E-state index in [1.54, 1.807) is 0 Å². The van der Waals surface area contributed by atoms with Crippen molar-refractivity contribution in [2.24, 2.45) is 5.41 Å². The third-order valence-electron chi connectivity index (χ3n) is 8.53. The smallest absolute Gasteiger partial charge is 0.0337 e. The third kappa shape index (κ3) is 2.42. The average Bonchev–Trinajstić information content (AvgIpc) is 2.80. The molecule has 4 bridgehead atoms. The van der Waals surface area contributed by atoms with Crippen LogP contribution in [-0.4, -0.2) is 0 Å². The highest BCUT2D eigenvalue weighted by atomic mass is 14.7. The van der Waals surface area contributed by atoms with E-state index in [-0.39, 0.29) is 21.7 Å². The van der Waals surface area contributed by atoms with Crippen LogP contribution in [0.1, 0.15) is 55.2 Å². The van der Waals surface area contributed by atoms with E-state index in [0.717, 1.165) is 19.3 Å². The van der Waals surface area contributed by atoms with E-state index in [2.05, 4.69) is 96.9 Å². The molecule has 0 heteroatoms. The van der Waals surface area contributed by atoms with Gasteiger partial charge in [0.1, 0.15) is 0 Å². The molecule has 7 rings (SSSR count). The second-order valence-corrected chi connectivity index (χ2v) is 10.4. The Hall–Kier alpha value is -2.78. The van der Waals surface area contributed by atoms with Gasteiger partial charge in [-0.25, -0.2) is 0 Å². The summed E-state index contributed by atoms with van der Waals surface area (Å²) in [6, 6.07) is 33.8. The monoisotopic (exact) mass is 388 g/mol. The Morgan fingerprint density at radius 1 is 0.467 bits per heavy atom. The second-order valence-electron chi connectivity index (χ2n) is 10.4. The van der Waals surface area contributed by atoms with Crippen molar-refractivity contribution in [1.82, 2.24) is 0 Å². The first-order chi connectivity index (χ1) is 14.6. The number of hydrogen-bond donors (Lipinski definition) is 0. The van der Waals surface area contributed by atoms with Gasteiger partial charge in [-0.3, -0.25) is 0 Å². The van der Waals surface area contributed by atoms with E-state index >= 15 is 0 Å². The number of hydrogen-bond acceptors (Lipinski definition) is 0. The number of rotatable bonds is 3. The van der Waals surface area contributed by atoms with Gasteiger partial charge in [0.25, 0.3) is 0 Å². The minimum absolute atomic E-state index is 0.0315. The summed E-state index contributed by atoms with van der Waals surface area (Å²) in [5.74, 6) is 3.39. The summed E-state index contributed by atoms with van der Waals surface area (Å²) in [5.41, 5.74) is 4.88. The zero-order valence-corrected chi connectivity index (χ0v) is 17.5. The lowest BCUT2D eigenvalue weighted by Gasteiger charge is -2.70. The van der Waals surface area contributed by atoms with Crippen molar-refractivity contribution in [1.29, 1.82) is 0 Å². The first-order valence-corrected chi connectivity index (χ1v) is 11.3. The van der Waals surface area contributed by atoms with Gasteiger partial charge in [0.15, 0.2) is 0 Å². The maximum atomic E-state index is 6.39. The van der Waals surface area contributed by atoms with E-state index in [9.17, 15) is 0 Å². The molecular weight excluding hydrogens is 360 g/mol. The molecule has 4 saturated carbocycles. The Balaban J connectivity index is 1.62. The van der Waals surface area contributed by atoms with E-state index in [4.69, 9.17) is 6.42 Å². The molecule has 148 valence electrons. The van der Waals surface area contributed by atoms with Gasteiger partial charge in [0.05, 0.1) is 0 Å². The zero-order valence-electron chi connectivity index (χ0n) is 17.5. The molecule has 0 radical (unpaired) electrons. The van der Waals surface area contributed by atoms with Gasteiger partial charge in [-0.05, 0) is 71.5 Å². The van der Waals surface area contributed by atoms with Gasteiger partial charge >= 0.3 is 0 Å². The summed E-state index contributed by atoms with van der Waals surface area (Å²) >= 11 is 0. The standard InChI is InChI=1S/C30H28/c1-2-27-18-28(24-12-6-3-7-13-24)21-29(19-27,25-14-8-4-9-15-25)23-30(20-27,22-28)26-16-10-5-11-17-26/h1,3-17H,18-23H2. The van der Waals surface area contributed by atoms with Gasteiger partial charge in [0.2, 0.25) is 0 Å². The fourth-order valence-electron chi connectivity index (χ4n) is 8.08. The highest BCUT2D eigenvalue weighted by molar-refractivity contribution is 5.47. The lowest BCUT2D eigenvalue weighted by atomic mass is 9.33. The van der Waals surface area contributed by atoms with Gasteiger partial charge in [-0.15, -0.1) is 6.42 Å². The van der Waals surface area contributed by atoms with Crippen molar-refractivity contribution in [3.8, 4) is 12.3 Å². The molecule has 0 spiro atoms. The molecule has 0 heterocycles. The summed E-state index contributed by atoms with van der Waals surface area (Å²) in [7, 11) is 0. The predicted molar refractivity (Wildman–Crippen MR) is 123 cm³/mol. The van der Waals surface area contributed by atoms with Crippen LogP contribution >= 0.6 is 0 Å². The molecule has 0 unspecified atom stereocenters. The largest absolute Gasteiger partial charge is 0.120 e. The molecule has 0 nitrogen and oxygen atoms in total. The Kier molecular flexibility index (Phi) is 3.67. The second kappa shape index (κ2) is 6.12. The summed E-state index contributed by atoms with van der Waals surface area (Å²) in [6.07, 6.45) is 13.4. The van der Waals surface area contributed by atoms with Gasteiger partial charge < -0.3 is 0 Å². The van der Waals surface area contributed by atoms with Crippen LogP contribution in [0, 0.1) is 17.8 Å².